The fourth-order valence-corrected chi connectivity index (χ4v) is 3.25. The molecule has 0 aromatic heterocycles. The number of rotatable bonds is 5. The summed E-state index contributed by atoms with van der Waals surface area (Å²) in [5, 5.41) is 0. The molecule has 0 bridgehead atoms. The van der Waals surface area contributed by atoms with Crippen LogP contribution >= 0.6 is 0 Å². The highest BCUT2D eigenvalue weighted by Crippen LogP contribution is 2.29. The lowest BCUT2D eigenvalue weighted by Gasteiger charge is -2.17. The van der Waals surface area contributed by atoms with Crippen molar-refractivity contribution in [3.05, 3.63) is 59.6 Å². The number of allylic oxidation sites excluding steroid dienone is 5. The largest absolute Gasteiger partial charge is 0.492 e. The van der Waals surface area contributed by atoms with Crippen LogP contribution in [-0.4, -0.2) is 16.6 Å². The van der Waals surface area contributed by atoms with E-state index in [1.54, 1.807) is 30.4 Å². The highest BCUT2D eigenvalue weighted by atomic mass is 32.2. The molecule has 1 unspecified atom stereocenters. The van der Waals surface area contributed by atoms with Gasteiger partial charge in [-0.25, -0.2) is 4.21 Å². The molecule has 4 heteroatoms. The molecule has 0 N–H and O–H groups in total. The summed E-state index contributed by atoms with van der Waals surface area (Å²) < 4.78 is 18.1. The molecule has 1 heterocycles. The molecule has 110 valence electrons. The number of benzene rings is 1. The zero-order valence-electron chi connectivity index (χ0n) is 12.0. The number of hydrogen-bond acceptors (Lipinski definition) is 3. The Morgan fingerprint density at radius 3 is 3.00 bits per heavy atom. The van der Waals surface area contributed by atoms with Crippen molar-refractivity contribution in [1.29, 1.82) is 0 Å². The third-order valence-electron chi connectivity index (χ3n) is 3.15. The highest BCUT2D eigenvalue weighted by Gasteiger charge is 2.20. The quantitative estimate of drug-likeness (QED) is 0.614. The van der Waals surface area contributed by atoms with Crippen LogP contribution in [0.4, 0.5) is 0 Å². The normalized spacial score (nSPS) is 16.4. The van der Waals surface area contributed by atoms with Crippen molar-refractivity contribution >= 4 is 16.6 Å². The van der Waals surface area contributed by atoms with Crippen LogP contribution in [0.25, 0.3) is 0 Å². The fraction of sp³-hybridized carbons (Fsp3) is 0.235. The molecule has 21 heavy (non-hydrogen) atoms. The molecule has 1 aromatic rings. The molecule has 0 saturated carbocycles. The molecule has 0 fully saturated rings. The minimum absolute atomic E-state index is 0.0735. The molecule has 0 amide bonds. The van der Waals surface area contributed by atoms with Crippen molar-refractivity contribution in [2.75, 3.05) is 6.61 Å². The van der Waals surface area contributed by atoms with E-state index in [1.807, 2.05) is 19.1 Å². The van der Waals surface area contributed by atoms with E-state index in [0.717, 1.165) is 4.91 Å². The van der Waals surface area contributed by atoms with Crippen molar-refractivity contribution in [2.24, 2.45) is 0 Å². The van der Waals surface area contributed by atoms with E-state index in [1.165, 1.54) is 0 Å². The number of carbonyl (C=O) groups excluding carboxylic acids is 1. The Morgan fingerprint density at radius 1 is 1.48 bits per heavy atom. The van der Waals surface area contributed by atoms with Crippen molar-refractivity contribution < 1.29 is 13.7 Å². The molecule has 1 aliphatic heterocycles. The molecule has 0 aliphatic carbocycles. The fourth-order valence-electron chi connectivity index (χ4n) is 2.08. The summed E-state index contributed by atoms with van der Waals surface area (Å²) in [6, 6.07) is 5.13. The predicted molar refractivity (Wildman–Crippen MR) is 85.0 cm³/mol. The average Bonchev–Trinajstić information content (AvgIpc) is 2.50. The van der Waals surface area contributed by atoms with Crippen LogP contribution in [0.15, 0.2) is 58.9 Å². The zero-order chi connectivity index (χ0) is 15.2. The summed E-state index contributed by atoms with van der Waals surface area (Å²) in [7, 11) is -1.28. The molecular formula is C17H18O3S. The van der Waals surface area contributed by atoms with Gasteiger partial charge in [0.1, 0.15) is 5.75 Å². The summed E-state index contributed by atoms with van der Waals surface area (Å²) in [4.78, 5) is 13.2. The number of ketones is 1. The lowest BCUT2D eigenvalue weighted by atomic mass is 10.1. The van der Waals surface area contributed by atoms with Gasteiger partial charge in [0, 0.05) is 16.2 Å². The first-order valence-corrected chi connectivity index (χ1v) is 7.97. The van der Waals surface area contributed by atoms with Crippen LogP contribution in [0.3, 0.4) is 0 Å². The van der Waals surface area contributed by atoms with Crippen molar-refractivity contribution in [3.63, 3.8) is 0 Å². The number of Topliss-reactive ketones (excluding diaryl/α,β-unsaturated/α-hetero) is 1. The number of ether oxygens (including phenoxy) is 1. The van der Waals surface area contributed by atoms with E-state index in [2.05, 4.69) is 6.58 Å². The predicted octanol–water partition coefficient (Wildman–Crippen LogP) is 3.80. The standard InChI is InChI=1S/C17H18O3S/c1-3-5-7-13(6-4-2)21(19)14-8-9-15-16(18)10-11-20-17(15)12-14/h3-6,8-9,12H,2,7,10-11H2,1H3/b5-3-,13-6+. The Kier molecular flexibility index (Phi) is 5.28. The Bertz CT molecular complexity index is 641. The Labute approximate surface area is 127 Å². The van der Waals surface area contributed by atoms with Gasteiger partial charge >= 0.3 is 0 Å². The maximum atomic E-state index is 12.6. The van der Waals surface area contributed by atoms with E-state index >= 15 is 0 Å². The number of carbonyl (C=O) groups is 1. The maximum absolute atomic E-state index is 12.6. The van der Waals surface area contributed by atoms with Gasteiger partial charge in [-0.15, -0.1) is 0 Å². The van der Waals surface area contributed by atoms with Crippen LogP contribution in [-0.2, 0) is 10.8 Å². The monoisotopic (exact) mass is 302 g/mol. The minimum atomic E-state index is -1.28. The summed E-state index contributed by atoms with van der Waals surface area (Å²) in [6.07, 6.45) is 8.27. The second kappa shape index (κ2) is 7.18. The summed E-state index contributed by atoms with van der Waals surface area (Å²) >= 11 is 0. The van der Waals surface area contributed by atoms with Gasteiger partial charge in [0.15, 0.2) is 5.78 Å². The first-order chi connectivity index (χ1) is 10.2. The first kappa shape index (κ1) is 15.4. The lowest BCUT2D eigenvalue weighted by molar-refractivity contribution is 0.0933. The van der Waals surface area contributed by atoms with Crippen LogP contribution < -0.4 is 4.74 Å². The van der Waals surface area contributed by atoms with Crippen LogP contribution in [0, 0.1) is 0 Å². The molecule has 0 saturated heterocycles. The molecular weight excluding hydrogens is 284 g/mol. The first-order valence-electron chi connectivity index (χ1n) is 6.82. The molecule has 3 nitrogen and oxygen atoms in total. The van der Waals surface area contributed by atoms with E-state index in [9.17, 15) is 9.00 Å². The molecule has 0 spiro atoms. The van der Waals surface area contributed by atoms with E-state index in [0.29, 0.717) is 35.7 Å². The van der Waals surface area contributed by atoms with Gasteiger partial charge in [-0.3, -0.25) is 4.79 Å². The van der Waals surface area contributed by atoms with Crippen molar-refractivity contribution in [3.8, 4) is 5.75 Å². The topological polar surface area (TPSA) is 43.4 Å². The molecule has 1 aliphatic rings. The average molecular weight is 302 g/mol. The van der Waals surface area contributed by atoms with Gasteiger partial charge in [-0.05, 0) is 31.5 Å². The number of fused-ring (bicyclic) bond motifs is 1. The maximum Gasteiger partial charge on any atom is 0.169 e. The van der Waals surface area contributed by atoms with E-state index in [-0.39, 0.29) is 5.78 Å². The Balaban J connectivity index is 2.32. The van der Waals surface area contributed by atoms with Gasteiger partial charge < -0.3 is 4.74 Å². The van der Waals surface area contributed by atoms with Crippen molar-refractivity contribution in [1.82, 2.24) is 0 Å². The second-order valence-corrected chi connectivity index (χ2v) is 6.12. The molecule has 1 atom stereocenters. The smallest absolute Gasteiger partial charge is 0.169 e. The lowest BCUT2D eigenvalue weighted by Crippen LogP contribution is -2.15. The summed E-state index contributed by atoms with van der Waals surface area (Å²) in [5.41, 5.74) is 0.574. The third-order valence-corrected chi connectivity index (χ3v) is 4.61. The Hall–Kier alpha value is -1.94. The van der Waals surface area contributed by atoms with E-state index < -0.39 is 10.8 Å². The molecule has 2 rings (SSSR count). The minimum Gasteiger partial charge on any atom is -0.492 e. The summed E-state index contributed by atoms with van der Waals surface area (Å²) in [5.74, 6) is 0.602. The number of hydrogen-bond donors (Lipinski definition) is 0. The highest BCUT2D eigenvalue weighted by molar-refractivity contribution is 7.89. The van der Waals surface area contributed by atoms with Crippen molar-refractivity contribution in [2.45, 2.75) is 24.7 Å². The van der Waals surface area contributed by atoms with Gasteiger partial charge in [-0.1, -0.05) is 30.9 Å². The van der Waals surface area contributed by atoms with Gasteiger partial charge in [0.2, 0.25) is 0 Å². The van der Waals surface area contributed by atoms with Gasteiger partial charge in [0.05, 0.1) is 23.0 Å². The molecule has 1 aromatic carbocycles. The Morgan fingerprint density at radius 2 is 2.29 bits per heavy atom. The van der Waals surface area contributed by atoms with Crippen LogP contribution in [0.2, 0.25) is 0 Å². The van der Waals surface area contributed by atoms with Gasteiger partial charge in [-0.2, -0.15) is 0 Å². The van der Waals surface area contributed by atoms with Crippen LogP contribution in [0.5, 0.6) is 5.75 Å². The van der Waals surface area contributed by atoms with Gasteiger partial charge in [0.25, 0.3) is 0 Å². The third kappa shape index (κ3) is 3.58. The second-order valence-electron chi connectivity index (χ2n) is 4.59. The van der Waals surface area contributed by atoms with Crippen LogP contribution in [0.1, 0.15) is 30.1 Å². The SMILES string of the molecule is C=C/C=C(\C/C=C\C)S(=O)c1ccc2c(c1)OCCC2=O. The molecule has 0 radical (unpaired) electrons. The van der Waals surface area contributed by atoms with E-state index in [4.69, 9.17) is 4.74 Å². The zero-order valence-corrected chi connectivity index (χ0v) is 12.8. The summed E-state index contributed by atoms with van der Waals surface area (Å²) in [6.45, 7) is 5.97.